The minimum Gasteiger partial charge on any atom is -0.345 e. The fourth-order valence-electron chi connectivity index (χ4n) is 1.28. The molecule has 16 heavy (non-hydrogen) atoms. The van der Waals surface area contributed by atoms with E-state index in [0.29, 0.717) is 16.7 Å². The van der Waals surface area contributed by atoms with Crippen molar-refractivity contribution in [2.24, 2.45) is 0 Å². The van der Waals surface area contributed by atoms with E-state index in [2.05, 4.69) is 0 Å². The molecule has 82 valence electrons. The number of hydrogen-bond donors (Lipinski definition) is 0. The third-order valence-electron chi connectivity index (χ3n) is 2.12. The second-order valence-electron chi connectivity index (χ2n) is 3.67. The molecule has 0 unspecified atom stereocenters. The van der Waals surface area contributed by atoms with Gasteiger partial charge in [-0.25, -0.2) is 0 Å². The van der Waals surface area contributed by atoms with Crippen molar-refractivity contribution in [3.05, 3.63) is 34.9 Å². The number of nitrogens with zero attached hydrogens (tertiary/aromatic N) is 2. The lowest BCUT2D eigenvalue weighted by molar-refractivity contribution is 0.0827. The molecule has 0 aliphatic carbocycles. The molecule has 1 aromatic carbocycles. The second-order valence-corrected chi connectivity index (χ2v) is 3.67. The zero-order valence-electron chi connectivity index (χ0n) is 9.44. The SMILES string of the molecule is CC(=O)c1cc(C#N)cc(C(=O)N(C)C)c1. The van der Waals surface area contributed by atoms with Crippen LogP contribution in [0.3, 0.4) is 0 Å². The highest BCUT2D eigenvalue weighted by molar-refractivity contribution is 6.00. The number of carbonyl (C=O) groups excluding carboxylic acids is 2. The maximum atomic E-state index is 11.7. The van der Waals surface area contributed by atoms with Crippen molar-refractivity contribution in [1.82, 2.24) is 4.90 Å². The molecule has 1 rings (SSSR count). The maximum Gasteiger partial charge on any atom is 0.253 e. The Kier molecular flexibility index (Phi) is 3.41. The molecule has 4 heteroatoms. The molecule has 0 aliphatic heterocycles. The molecule has 0 bridgehead atoms. The molecular weight excluding hydrogens is 204 g/mol. The van der Waals surface area contributed by atoms with Crippen molar-refractivity contribution < 1.29 is 9.59 Å². The average Bonchev–Trinajstić information content (AvgIpc) is 2.27. The minimum atomic E-state index is -0.223. The van der Waals surface area contributed by atoms with Crippen LogP contribution in [0.2, 0.25) is 0 Å². The van der Waals surface area contributed by atoms with Gasteiger partial charge >= 0.3 is 0 Å². The summed E-state index contributed by atoms with van der Waals surface area (Å²) >= 11 is 0. The van der Waals surface area contributed by atoms with Crippen LogP contribution >= 0.6 is 0 Å². The number of Topliss-reactive ketones (excluding diaryl/α,β-unsaturated/α-hetero) is 1. The summed E-state index contributed by atoms with van der Waals surface area (Å²) in [5.41, 5.74) is 1.05. The van der Waals surface area contributed by atoms with Gasteiger partial charge in [-0.1, -0.05) is 0 Å². The van der Waals surface area contributed by atoms with Crippen LogP contribution < -0.4 is 0 Å². The quantitative estimate of drug-likeness (QED) is 0.703. The van der Waals surface area contributed by atoms with Gasteiger partial charge in [-0.2, -0.15) is 5.26 Å². The van der Waals surface area contributed by atoms with Crippen molar-refractivity contribution >= 4 is 11.7 Å². The van der Waals surface area contributed by atoms with Gasteiger partial charge in [0.1, 0.15) is 0 Å². The van der Waals surface area contributed by atoms with Gasteiger partial charge in [0.15, 0.2) is 5.78 Å². The molecule has 0 aromatic heterocycles. The maximum absolute atomic E-state index is 11.7. The number of benzene rings is 1. The van der Waals surface area contributed by atoms with Gasteiger partial charge in [-0.15, -0.1) is 0 Å². The predicted molar refractivity (Wildman–Crippen MR) is 59.2 cm³/mol. The second kappa shape index (κ2) is 4.58. The molecule has 0 N–H and O–H groups in total. The highest BCUT2D eigenvalue weighted by Crippen LogP contribution is 2.12. The Hall–Kier alpha value is -2.15. The summed E-state index contributed by atoms with van der Waals surface area (Å²) < 4.78 is 0. The molecule has 1 amide bonds. The Balaban J connectivity index is 3.31. The summed E-state index contributed by atoms with van der Waals surface area (Å²) in [7, 11) is 3.24. The van der Waals surface area contributed by atoms with Crippen LogP contribution in [-0.2, 0) is 0 Å². The largest absolute Gasteiger partial charge is 0.345 e. The Morgan fingerprint density at radius 2 is 1.75 bits per heavy atom. The molecule has 0 saturated carbocycles. The van der Waals surface area contributed by atoms with Crippen LogP contribution in [0, 0.1) is 11.3 Å². The molecule has 0 radical (unpaired) electrons. The molecule has 1 aromatic rings. The fraction of sp³-hybridized carbons (Fsp3) is 0.250. The van der Waals surface area contributed by atoms with Crippen molar-refractivity contribution in [3.8, 4) is 6.07 Å². The molecular formula is C12H12N2O2. The summed E-state index contributed by atoms with van der Waals surface area (Å²) in [5, 5.41) is 8.80. The Morgan fingerprint density at radius 3 is 2.19 bits per heavy atom. The monoisotopic (exact) mass is 216 g/mol. The minimum absolute atomic E-state index is 0.162. The number of nitriles is 1. The molecule has 0 heterocycles. The number of ketones is 1. The lowest BCUT2D eigenvalue weighted by atomic mass is 10.0. The Bertz CT molecular complexity index is 484. The van der Waals surface area contributed by atoms with Crippen LogP contribution in [0.25, 0.3) is 0 Å². The molecule has 0 spiro atoms. The predicted octanol–water partition coefficient (Wildman–Crippen LogP) is 1.46. The van der Waals surface area contributed by atoms with Gasteiger partial charge in [0.25, 0.3) is 5.91 Å². The summed E-state index contributed by atoms with van der Waals surface area (Å²) in [6.45, 7) is 1.40. The highest BCUT2D eigenvalue weighted by Gasteiger charge is 2.12. The zero-order valence-corrected chi connectivity index (χ0v) is 9.44. The Labute approximate surface area is 94.1 Å². The van der Waals surface area contributed by atoms with Gasteiger partial charge in [0.05, 0.1) is 11.6 Å². The molecule has 0 atom stereocenters. The van der Waals surface area contributed by atoms with Gasteiger partial charge in [0, 0.05) is 25.2 Å². The topological polar surface area (TPSA) is 61.2 Å². The number of amides is 1. The van der Waals surface area contributed by atoms with Gasteiger partial charge in [0.2, 0.25) is 0 Å². The molecule has 0 fully saturated rings. The van der Waals surface area contributed by atoms with Gasteiger partial charge < -0.3 is 4.90 Å². The van der Waals surface area contributed by atoms with E-state index in [-0.39, 0.29) is 11.7 Å². The number of hydrogen-bond acceptors (Lipinski definition) is 3. The first-order valence-electron chi connectivity index (χ1n) is 4.73. The van der Waals surface area contributed by atoms with E-state index in [1.807, 2.05) is 6.07 Å². The lowest BCUT2D eigenvalue weighted by Crippen LogP contribution is -2.22. The van der Waals surface area contributed by atoms with Gasteiger partial charge in [-0.05, 0) is 25.1 Å². The highest BCUT2D eigenvalue weighted by atomic mass is 16.2. The summed E-state index contributed by atoms with van der Waals surface area (Å²) in [6, 6.07) is 6.40. The first kappa shape index (κ1) is 11.9. The van der Waals surface area contributed by atoms with E-state index in [4.69, 9.17) is 5.26 Å². The fourth-order valence-corrected chi connectivity index (χ4v) is 1.28. The molecule has 4 nitrogen and oxygen atoms in total. The zero-order chi connectivity index (χ0) is 12.3. The first-order valence-corrected chi connectivity index (χ1v) is 4.73. The first-order chi connectivity index (χ1) is 7.45. The smallest absolute Gasteiger partial charge is 0.253 e. The van der Waals surface area contributed by atoms with Crippen LogP contribution in [0.15, 0.2) is 18.2 Å². The van der Waals surface area contributed by atoms with E-state index in [1.54, 1.807) is 14.1 Å². The van der Waals surface area contributed by atoms with Crippen molar-refractivity contribution in [2.45, 2.75) is 6.92 Å². The number of rotatable bonds is 2. The van der Waals surface area contributed by atoms with Crippen LogP contribution in [0.1, 0.15) is 33.2 Å². The van der Waals surface area contributed by atoms with E-state index < -0.39 is 0 Å². The lowest BCUT2D eigenvalue weighted by Gasteiger charge is -2.11. The third-order valence-corrected chi connectivity index (χ3v) is 2.12. The summed E-state index contributed by atoms with van der Waals surface area (Å²) in [6.07, 6.45) is 0. The van der Waals surface area contributed by atoms with Crippen LogP contribution in [-0.4, -0.2) is 30.7 Å². The average molecular weight is 216 g/mol. The number of carbonyl (C=O) groups is 2. The normalized spacial score (nSPS) is 9.38. The van der Waals surface area contributed by atoms with Crippen molar-refractivity contribution in [1.29, 1.82) is 5.26 Å². The van der Waals surface area contributed by atoms with Crippen LogP contribution in [0.5, 0.6) is 0 Å². The van der Waals surface area contributed by atoms with E-state index in [0.717, 1.165) is 0 Å². The molecule has 0 aliphatic rings. The van der Waals surface area contributed by atoms with E-state index in [1.165, 1.54) is 30.0 Å². The summed E-state index contributed by atoms with van der Waals surface area (Å²) in [4.78, 5) is 24.3. The van der Waals surface area contributed by atoms with Crippen LogP contribution in [0.4, 0.5) is 0 Å². The Morgan fingerprint density at radius 1 is 1.19 bits per heavy atom. The standard InChI is InChI=1S/C12H12N2O2/c1-8(15)10-4-9(7-13)5-11(6-10)12(16)14(2)3/h4-6H,1-3H3. The third kappa shape index (κ3) is 2.45. The van der Waals surface area contributed by atoms with Gasteiger partial charge in [-0.3, -0.25) is 9.59 Å². The van der Waals surface area contributed by atoms with E-state index in [9.17, 15) is 9.59 Å². The van der Waals surface area contributed by atoms with Crippen molar-refractivity contribution in [3.63, 3.8) is 0 Å². The van der Waals surface area contributed by atoms with Crippen molar-refractivity contribution in [2.75, 3.05) is 14.1 Å². The summed E-state index contributed by atoms with van der Waals surface area (Å²) in [5.74, 6) is -0.385. The molecule has 0 saturated heterocycles. The van der Waals surface area contributed by atoms with E-state index >= 15 is 0 Å².